The van der Waals surface area contributed by atoms with Gasteiger partial charge in [-0.15, -0.1) is 0 Å². The van der Waals surface area contributed by atoms with Crippen LogP contribution in [-0.2, 0) is 60.8 Å². The zero-order valence-electron chi connectivity index (χ0n) is 40.9. The average Bonchev–Trinajstić information content (AvgIpc) is 3.30. The van der Waals surface area contributed by atoms with Gasteiger partial charge in [0.05, 0.1) is 18.9 Å². The molecule has 0 aliphatic rings. The first kappa shape index (κ1) is 60.5. The molecule has 8 atom stereocenters. The van der Waals surface area contributed by atoms with Gasteiger partial charge in [-0.2, -0.15) is 0 Å². The number of hydrogen-bond acceptors (Lipinski definition) is 13. The van der Waals surface area contributed by atoms with E-state index in [9.17, 15) is 53.1 Å². The first-order valence-corrected chi connectivity index (χ1v) is 23.5. The van der Waals surface area contributed by atoms with Gasteiger partial charge in [0.25, 0.3) is 0 Å². The summed E-state index contributed by atoms with van der Waals surface area (Å²) in [5.74, 6) is -10.2. The van der Waals surface area contributed by atoms with Gasteiger partial charge in [-0.25, -0.2) is 0 Å². The molecule has 396 valence electrons. The summed E-state index contributed by atoms with van der Waals surface area (Å²) in [5, 5.41) is 27.0. The Morgan fingerprint density at radius 3 is 1.38 bits per heavy atom. The van der Waals surface area contributed by atoms with Gasteiger partial charge in [-0.3, -0.25) is 52.9 Å². The minimum absolute atomic E-state index is 0.0161. The van der Waals surface area contributed by atoms with Gasteiger partial charge in [0, 0.05) is 19.4 Å². The molecule has 9 amide bonds. The highest BCUT2D eigenvalue weighted by Crippen LogP contribution is 2.12. The Balaban J connectivity index is 2.48. The third kappa shape index (κ3) is 23.3. The number of nitrogens with two attached hydrogens (primary N) is 6. The lowest BCUT2D eigenvalue weighted by atomic mass is 9.99. The van der Waals surface area contributed by atoms with Crippen molar-refractivity contribution in [3.8, 4) is 0 Å². The van der Waals surface area contributed by atoms with Gasteiger partial charge in [0.1, 0.15) is 42.3 Å². The number of unbranched alkanes of at least 4 members (excludes halogenated alkanes) is 1. The van der Waals surface area contributed by atoms with Crippen molar-refractivity contribution in [1.29, 1.82) is 0 Å². The molecule has 0 unspecified atom stereocenters. The Labute approximate surface area is 417 Å². The Morgan fingerprint density at radius 2 is 0.917 bits per heavy atom. The van der Waals surface area contributed by atoms with Gasteiger partial charge >= 0.3 is 5.97 Å². The molecule has 0 saturated carbocycles. The summed E-state index contributed by atoms with van der Waals surface area (Å²) in [6.45, 7) is 5.16. The summed E-state index contributed by atoms with van der Waals surface area (Å²) in [5.41, 5.74) is 34.6. The van der Waals surface area contributed by atoms with Crippen molar-refractivity contribution in [2.45, 2.75) is 133 Å². The van der Waals surface area contributed by atoms with E-state index in [4.69, 9.17) is 34.4 Å². The van der Waals surface area contributed by atoms with Crippen LogP contribution in [-0.4, -0.2) is 132 Å². The average molecular weight is 1010 g/mol. The molecule has 0 aromatic heterocycles. The number of aliphatic imine (C=N–C) groups is 1. The first-order chi connectivity index (χ1) is 34.0. The molecular weight excluding hydrogens is 937 g/mol. The summed E-state index contributed by atoms with van der Waals surface area (Å²) in [7, 11) is 0. The van der Waals surface area contributed by atoms with Crippen molar-refractivity contribution in [3.63, 3.8) is 0 Å². The van der Waals surface area contributed by atoms with Crippen LogP contribution in [0, 0.1) is 5.92 Å². The van der Waals surface area contributed by atoms with Crippen LogP contribution in [0.3, 0.4) is 0 Å². The van der Waals surface area contributed by atoms with Crippen LogP contribution in [0.15, 0.2) is 65.7 Å². The topological polar surface area (TPSA) is 444 Å². The summed E-state index contributed by atoms with van der Waals surface area (Å²) in [4.78, 5) is 137. The number of carboxylic acid groups (broad SMARTS) is 1. The highest BCUT2D eigenvalue weighted by molar-refractivity contribution is 5.99. The van der Waals surface area contributed by atoms with Crippen LogP contribution in [0.5, 0.6) is 0 Å². The summed E-state index contributed by atoms with van der Waals surface area (Å²) in [6.07, 6.45) is -1.02. The summed E-state index contributed by atoms with van der Waals surface area (Å²) >= 11 is 0. The zero-order valence-corrected chi connectivity index (χ0v) is 40.9. The fourth-order valence-electron chi connectivity index (χ4n) is 7.10. The maximum Gasteiger partial charge on any atom is 0.305 e. The van der Waals surface area contributed by atoms with Crippen LogP contribution in [0.25, 0.3) is 0 Å². The number of primary amides is 2. The van der Waals surface area contributed by atoms with Crippen molar-refractivity contribution < 1.29 is 53.1 Å². The molecule has 25 nitrogen and oxygen atoms in total. The largest absolute Gasteiger partial charge is 0.481 e. The second-order valence-electron chi connectivity index (χ2n) is 17.6. The highest BCUT2D eigenvalue weighted by Gasteiger charge is 2.35. The number of amides is 9. The van der Waals surface area contributed by atoms with E-state index in [2.05, 4.69) is 42.2 Å². The van der Waals surface area contributed by atoms with Crippen molar-refractivity contribution in [2.75, 3.05) is 13.1 Å². The molecule has 0 aliphatic heterocycles. The Bertz CT molecular complexity index is 2180. The fraction of sp³-hybridized carbons (Fsp3) is 0.511. The van der Waals surface area contributed by atoms with Crippen LogP contribution < -0.4 is 71.6 Å². The molecule has 0 spiro atoms. The van der Waals surface area contributed by atoms with E-state index < -0.39 is 120 Å². The normalized spacial score (nSPS) is 14.2. The predicted molar refractivity (Wildman–Crippen MR) is 265 cm³/mol. The van der Waals surface area contributed by atoms with E-state index in [0.29, 0.717) is 17.5 Å². The van der Waals surface area contributed by atoms with E-state index in [1.54, 1.807) is 74.5 Å². The molecule has 0 radical (unpaired) electrons. The number of carbonyl (C=O) groups is 10. The third-order valence-corrected chi connectivity index (χ3v) is 10.8. The molecule has 0 heterocycles. The predicted octanol–water partition coefficient (Wildman–Crippen LogP) is -3.72. The number of aliphatic carboxylic acids is 1. The second kappa shape index (κ2) is 31.5. The van der Waals surface area contributed by atoms with Gasteiger partial charge in [-0.05, 0) is 69.0 Å². The number of guanidine groups is 1. The standard InChI is InChI=1S/C47H72N14O11/c1-26(2)21-33(43(69)56-31(18-12-20-54-47(52)53)41(67)57-32(39(51)65)22-28-13-6-4-7-14-28)59-44(70)34(23-29-15-8-5-9-16-29)60-45(71)35(24-37(50)62)61-42(68)30(17-10-11-19-48)55-46(72)36(25-38(63)64)58-40(66)27(3)49/h4-9,13-16,26-27,30-36H,10-12,17-25,48-49H2,1-3H3,(H2,50,62)(H2,51,65)(H,55,72)(H,56,69)(H,57,67)(H,58,66)(H,59,70)(H,60,71)(H,61,68)(H,63,64)(H4,52,53,54)/t27-,30-,31-,32-,33-,34-,35-,36-/m0/s1. The molecule has 0 saturated heterocycles. The van der Waals surface area contributed by atoms with Crippen molar-refractivity contribution in [1.82, 2.24) is 37.2 Å². The lowest BCUT2D eigenvalue weighted by molar-refractivity contribution is -0.141. The molecule has 0 bridgehead atoms. The lowest BCUT2D eigenvalue weighted by Crippen LogP contribution is -2.61. The van der Waals surface area contributed by atoms with Crippen LogP contribution >= 0.6 is 0 Å². The maximum absolute atomic E-state index is 14.4. The number of carbonyl (C=O) groups excluding carboxylic acids is 9. The zero-order chi connectivity index (χ0) is 53.9. The number of hydrogen-bond donors (Lipinski definition) is 14. The van der Waals surface area contributed by atoms with Crippen LogP contribution in [0.2, 0.25) is 0 Å². The number of nitrogens with zero attached hydrogens (tertiary/aromatic N) is 1. The van der Waals surface area contributed by atoms with E-state index in [1.807, 2.05) is 0 Å². The minimum Gasteiger partial charge on any atom is -0.481 e. The van der Waals surface area contributed by atoms with E-state index in [-0.39, 0.29) is 69.9 Å². The van der Waals surface area contributed by atoms with Crippen molar-refractivity contribution in [3.05, 3.63) is 71.8 Å². The number of rotatable bonds is 33. The molecule has 0 fully saturated rings. The first-order valence-electron chi connectivity index (χ1n) is 23.5. The maximum atomic E-state index is 14.4. The Hall–Kier alpha value is -7.67. The monoisotopic (exact) mass is 1010 g/mol. The van der Waals surface area contributed by atoms with Crippen molar-refractivity contribution >= 4 is 65.1 Å². The molecule has 20 N–H and O–H groups in total. The second-order valence-corrected chi connectivity index (χ2v) is 17.6. The van der Waals surface area contributed by atoms with Crippen LogP contribution in [0.4, 0.5) is 0 Å². The molecule has 25 heteroatoms. The van der Waals surface area contributed by atoms with Gasteiger partial charge in [-0.1, -0.05) is 74.5 Å². The van der Waals surface area contributed by atoms with E-state index in [1.165, 1.54) is 6.92 Å². The van der Waals surface area contributed by atoms with Crippen LogP contribution in [0.1, 0.15) is 83.3 Å². The molecule has 72 heavy (non-hydrogen) atoms. The summed E-state index contributed by atoms with van der Waals surface area (Å²) in [6, 6.07) is 5.97. The van der Waals surface area contributed by atoms with E-state index >= 15 is 0 Å². The minimum atomic E-state index is -1.75. The number of carboxylic acids is 1. The summed E-state index contributed by atoms with van der Waals surface area (Å²) < 4.78 is 0. The molecule has 2 rings (SSSR count). The quantitative estimate of drug-likeness (QED) is 0.0186. The van der Waals surface area contributed by atoms with Gasteiger partial charge in [0.15, 0.2) is 5.96 Å². The Kier molecular flexibility index (Phi) is 26.5. The SMILES string of the molecule is CC(C)C[C@H](NC(=O)[C@H](Cc1ccccc1)NC(=O)[C@H](CC(N)=O)NC(=O)[C@H](CCCCN)NC(=O)[C@H](CC(=O)O)NC(=O)[C@H](C)N)C(=O)N[C@@H](CCCN=C(N)N)C(=O)N[C@@H](Cc1ccccc1)C(N)=O. The van der Waals surface area contributed by atoms with Crippen molar-refractivity contribution in [2.24, 2.45) is 45.3 Å². The lowest BCUT2D eigenvalue weighted by Gasteiger charge is -2.28. The Morgan fingerprint density at radius 1 is 0.514 bits per heavy atom. The molecule has 2 aromatic carbocycles. The number of nitrogens with one attached hydrogen (secondary N) is 7. The van der Waals surface area contributed by atoms with E-state index in [0.717, 1.165) is 0 Å². The molecule has 0 aliphatic carbocycles. The third-order valence-electron chi connectivity index (χ3n) is 10.8. The van der Waals surface area contributed by atoms with Gasteiger partial charge in [0.2, 0.25) is 53.2 Å². The smallest absolute Gasteiger partial charge is 0.305 e. The van der Waals surface area contributed by atoms with Gasteiger partial charge < -0.3 is 76.7 Å². The fourth-order valence-corrected chi connectivity index (χ4v) is 7.10. The molecular formula is C47H72N14O11. The highest BCUT2D eigenvalue weighted by atomic mass is 16.4. The number of benzene rings is 2. The molecule has 2 aromatic rings.